The molecule has 0 spiro atoms. The van der Waals surface area contributed by atoms with Crippen molar-refractivity contribution < 1.29 is 77.0 Å². The van der Waals surface area contributed by atoms with Crippen molar-refractivity contribution in [2.45, 2.75) is 84.2 Å². The third kappa shape index (κ3) is 17.7. The first-order chi connectivity index (χ1) is 40.8. The number of carbonyl (C=O) groups excluding carboxylic acids is 1. The van der Waals surface area contributed by atoms with Gasteiger partial charge in [-0.2, -0.15) is 21.6 Å². The number of hydrogen-bond acceptors (Lipinski definition) is 11. The van der Waals surface area contributed by atoms with Gasteiger partial charge in [-0.1, -0.05) is 118 Å². The lowest BCUT2D eigenvalue weighted by atomic mass is 9.77. The number of rotatable bonds is 13. The maximum atomic E-state index is 14.1. The summed E-state index contributed by atoms with van der Waals surface area (Å²) in [5.74, 6) is -3.94. The van der Waals surface area contributed by atoms with Crippen LogP contribution in [0.25, 0.3) is 11.1 Å². The molecule has 3 aliphatic rings. The van der Waals surface area contributed by atoms with Crippen molar-refractivity contribution in [1.29, 1.82) is 0 Å². The largest absolute Gasteiger partial charge is 0.534 e. The smallest absolute Gasteiger partial charge is 0.437 e. The number of nitrogens with zero attached hydrogens (tertiary/aromatic N) is 4. The minimum atomic E-state index is -5.74. The van der Waals surface area contributed by atoms with E-state index in [-0.39, 0.29) is 35.9 Å². The molecule has 9 rings (SSSR count). The molecule has 0 bridgehead atoms. The molecule has 6 aromatic rings. The Labute approximate surface area is 504 Å². The molecule has 3 unspecified atom stereocenters. The van der Waals surface area contributed by atoms with E-state index in [0.29, 0.717) is 23.3 Å². The number of halogens is 9. The lowest BCUT2D eigenvalue weighted by Gasteiger charge is -2.36. The second-order valence-electron chi connectivity index (χ2n) is 21.0. The van der Waals surface area contributed by atoms with Crippen LogP contribution in [0.5, 0.6) is 0 Å². The summed E-state index contributed by atoms with van der Waals surface area (Å²) in [6, 6.07) is 37.3. The predicted octanol–water partition coefficient (Wildman–Crippen LogP) is 10.9. The molecule has 0 aromatic heterocycles. The highest BCUT2D eigenvalue weighted by Gasteiger charge is 2.51. The maximum absolute atomic E-state index is 14.1. The van der Waals surface area contributed by atoms with E-state index >= 15 is 0 Å². The normalized spacial score (nSPS) is 19.2. The van der Waals surface area contributed by atoms with Gasteiger partial charge in [-0.05, 0) is 149 Å². The first-order valence-corrected chi connectivity index (χ1v) is 29.1. The SMILES string of the molecule is CB(O)N1CC(OS(=O)(=O)C(F)(F)F)=CC1(C)c1ccccc1.CB(O)N1CC(c2cc(F)ccc2F)=CC1(C)c1ccccc1.CC(=O)N1CC(c2cc(F)ccc2F)=CC1(C)c1ccccc1.CCN(CC)CC.OB(O)c1cc(F)ccc1F. The zero-order valence-electron chi connectivity index (χ0n) is 49.6. The van der Waals surface area contributed by atoms with Crippen molar-refractivity contribution in [2.24, 2.45) is 0 Å². The Bertz CT molecular complexity index is 3480. The fourth-order valence-electron chi connectivity index (χ4n) is 10.4. The van der Waals surface area contributed by atoms with E-state index in [1.54, 1.807) is 49.0 Å². The van der Waals surface area contributed by atoms with Gasteiger partial charge in [-0.3, -0.25) is 9.61 Å². The molecule has 0 aliphatic carbocycles. The second-order valence-corrected chi connectivity index (χ2v) is 22.5. The van der Waals surface area contributed by atoms with Crippen molar-refractivity contribution >= 4 is 53.9 Å². The van der Waals surface area contributed by atoms with Crippen LogP contribution in [0, 0.1) is 34.9 Å². The van der Waals surface area contributed by atoms with Crippen LogP contribution >= 0.6 is 0 Å². The van der Waals surface area contributed by atoms with E-state index in [4.69, 9.17) is 10.0 Å². The fourth-order valence-corrected chi connectivity index (χ4v) is 10.8. The summed E-state index contributed by atoms with van der Waals surface area (Å²) in [6.45, 7) is 20.6. The van der Waals surface area contributed by atoms with E-state index in [1.807, 2.05) is 91.5 Å². The monoisotopic (exact) mass is 1230 g/mol. The molecule has 0 saturated carbocycles. The molecule has 3 aliphatic heterocycles. The number of benzene rings is 6. The first kappa shape index (κ1) is 70.8. The van der Waals surface area contributed by atoms with Crippen molar-refractivity contribution in [3.05, 3.63) is 232 Å². The number of carbonyl (C=O) groups is 1. The van der Waals surface area contributed by atoms with Gasteiger partial charge in [0.25, 0.3) is 0 Å². The molecule has 0 radical (unpaired) electrons. The molecule has 3 heterocycles. The number of hydrogen-bond donors (Lipinski definition) is 4. The highest BCUT2D eigenvalue weighted by molar-refractivity contribution is 7.87. The van der Waals surface area contributed by atoms with Crippen LogP contribution in [0.1, 0.15) is 76.3 Å². The molecule has 6 aromatic carbocycles. The third-order valence-corrected chi connectivity index (χ3v) is 16.1. The fraction of sp³-hybridized carbons (Fsp3) is 0.306. The van der Waals surface area contributed by atoms with E-state index in [1.165, 1.54) is 56.4 Å². The molecule has 0 fully saturated rings. The van der Waals surface area contributed by atoms with Gasteiger partial charge in [-0.15, -0.1) is 0 Å². The van der Waals surface area contributed by atoms with Gasteiger partial charge in [0.1, 0.15) is 40.7 Å². The Morgan fingerprint density at radius 3 is 1.29 bits per heavy atom. The standard InChI is InChI=1S/C19H17F2NO.C18H18BF2NO.C13H15BF3NO4S.C6H5BF2O2.C6H15N/c1-13(23)22-12-14(17-10-16(20)8-9-18(17)21)11-19(22,2)15-6-4-3-5-7-15;1-18(14-6-4-3-5-7-14)11-13(12-22(18)19(2)23)16-10-15(20)8-9-17(16)21;1-12(10-6-4-3-5-7-10)8-11(9-18(12)14(2)19)22-23(20,21)13(15,16)17;8-4-1-2-6(9)5(3-4)7(10)11;1-4-7(5-2)6-3/h3-11H,12H2,1-2H3;3-11,23H,12H2,1-2H3;3-8,19H,9H2,1-2H3;1-3,10-11H;4-6H2,1-3H3. The average Bonchev–Trinajstić information content (AvgIpc) is 1.71. The topological polar surface area (TPSA) is 154 Å². The Kier molecular flexibility index (Phi) is 24.7. The lowest BCUT2D eigenvalue weighted by Crippen LogP contribution is -2.47. The molecular weight excluding hydrogens is 1160 g/mol. The van der Waals surface area contributed by atoms with Crippen molar-refractivity contribution in [2.75, 3.05) is 39.3 Å². The minimum absolute atomic E-state index is 0.112. The summed E-state index contributed by atoms with van der Waals surface area (Å²) in [5, 5.41) is 37.0. The zero-order chi connectivity index (χ0) is 64.8. The van der Waals surface area contributed by atoms with Gasteiger partial charge in [0, 0.05) is 36.6 Å². The Hall–Kier alpha value is -6.96. The van der Waals surface area contributed by atoms with Crippen LogP contribution in [-0.2, 0) is 35.7 Å². The zero-order valence-corrected chi connectivity index (χ0v) is 50.4. The van der Waals surface area contributed by atoms with E-state index in [9.17, 15) is 62.8 Å². The van der Waals surface area contributed by atoms with Crippen LogP contribution in [0.2, 0.25) is 13.6 Å². The van der Waals surface area contributed by atoms with Gasteiger partial charge in [0.15, 0.2) is 0 Å². The van der Waals surface area contributed by atoms with E-state index in [2.05, 4.69) is 29.9 Å². The molecule has 3 atom stereocenters. The van der Waals surface area contributed by atoms with Gasteiger partial charge in [0.05, 0.1) is 23.2 Å². The summed E-state index contributed by atoms with van der Waals surface area (Å²) in [4.78, 5) is 19.4. The Balaban J connectivity index is 0.000000209. The maximum Gasteiger partial charge on any atom is 0.534 e. The van der Waals surface area contributed by atoms with Gasteiger partial charge in [-0.25, -0.2) is 26.3 Å². The summed E-state index contributed by atoms with van der Waals surface area (Å²) in [7, 11) is -9.45. The van der Waals surface area contributed by atoms with Crippen molar-refractivity contribution in [3.63, 3.8) is 0 Å². The van der Waals surface area contributed by atoms with E-state index in [0.717, 1.165) is 53.6 Å². The molecule has 0 saturated heterocycles. The average molecular weight is 1230 g/mol. The van der Waals surface area contributed by atoms with Crippen LogP contribution < -0.4 is 5.46 Å². The minimum Gasteiger partial charge on any atom is -0.437 e. The van der Waals surface area contributed by atoms with Crippen LogP contribution in [0.4, 0.5) is 39.5 Å². The Morgan fingerprint density at radius 2 is 0.920 bits per heavy atom. The molecular formula is C62H70B3F9N4O8S. The number of alkyl halides is 3. The first-order valence-electron chi connectivity index (χ1n) is 27.7. The third-order valence-electron chi connectivity index (χ3n) is 15.1. The predicted molar refractivity (Wildman–Crippen MR) is 322 cm³/mol. The summed E-state index contributed by atoms with van der Waals surface area (Å²) in [6.07, 6.45) is 5.03. The van der Waals surface area contributed by atoms with Crippen LogP contribution in [-0.4, -0.2) is 120 Å². The summed E-state index contributed by atoms with van der Waals surface area (Å²) >= 11 is 0. The second kappa shape index (κ2) is 30.3. The van der Waals surface area contributed by atoms with Gasteiger partial charge >= 0.3 is 36.8 Å². The van der Waals surface area contributed by atoms with E-state index < -0.39 is 93.8 Å². The van der Waals surface area contributed by atoms with Crippen LogP contribution in [0.15, 0.2) is 170 Å². The highest BCUT2D eigenvalue weighted by atomic mass is 32.2. The molecule has 12 nitrogen and oxygen atoms in total. The van der Waals surface area contributed by atoms with Crippen molar-refractivity contribution in [3.8, 4) is 0 Å². The molecule has 4 N–H and O–H groups in total. The van der Waals surface area contributed by atoms with Gasteiger partial charge < -0.3 is 38.9 Å². The Morgan fingerprint density at radius 1 is 0.552 bits per heavy atom. The summed E-state index contributed by atoms with van der Waals surface area (Å²) in [5.41, 5.74) is -3.86. The highest BCUT2D eigenvalue weighted by Crippen LogP contribution is 2.43. The molecule has 1 amide bonds. The summed E-state index contributed by atoms with van der Waals surface area (Å²) < 4.78 is 144. The van der Waals surface area contributed by atoms with Gasteiger partial charge in [0.2, 0.25) is 5.91 Å². The molecule has 87 heavy (non-hydrogen) atoms. The van der Waals surface area contributed by atoms with Crippen LogP contribution in [0.3, 0.4) is 0 Å². The lowest BCUT2D eigenvalue weighted by molar-refractivity contribution is -0.131. The quantitative estimate of drug-likeness (QED) is 0.0378. The van der Waals surface area contributed by atoms with Crippen molar-refractivity contribution in [1.82, 2.24) is 19.4 Å². The molecule has 25 heteroatoms. The number of amides is 1. The molecule has 464 valence electrons.